The van der Waals surface area contributed by atoms with E-state index in [4.69, 9.17) is 23.7 Å². The Morgan fingerprint density at radius 3 is 2.60 bits per heavy atom. The molecule has 0 amide bonds. The second kappa shape index (κ2) is 13.3. The predicted octanol–water partition coefficient (Wildman–Crippen LogP) is 3.40. The Morgan fingerprint density at radius 1 is 1.10 bits per heavy atom. The minimum absolute atomic E-state index is 0.0567. The number of ether oxygens (including phenoxy) is 5. The first-order valence-corrected chi connectivity index (χ1v) is 13.6. The van der Waals surface area contributed by atoms with E-state index in [1.807, 2.05) is 37.3 Å². The van der Waals surface area contributed by atoms with Gasteiger partial charge in [-0.2, -0.15) is 0 Å². The summed E-state index contributed by atoms with van der Waals surface area (Å²) in [4.78, 5) is 32.6. The highest BCUT2D eigenvalue weighted by Crippen LogP contribution is 2.40. The fourth-order valence-corrected chi connectivity index (χ4v) is 5.44. The summed E-state index contributed by atoms with van der Waals surface area (Å²) in [5.41, 5.74) is 1.68. The minimum atomic E-state index is -0.864. The number of nitrogens with zero attached hydrogens (tertiary/aromatic N) is 2. The summed E-state index contributed by atoms with van der Waals surface area (Å²) in [7, 11) is 3.07. The van der Waals surface area contributed by atoms with Crippen molar-refractivity contribution in [1.29, 1.82) is 0 Å². The van der Waals surface area contributed by atoms with Crippen molar-refractivity contribution >= 4 is 23.4 Å². The van der Waals surface area contributed by atoms with Crippen LogP contribution in [0.3, 0.4) is 0 Å². The quantitative estimate of drug-likeness (QED) is 0.189. The van der Waals surface area contributed by atoms with Gasteiger partial charge < -0.3 is 23.7 Å². The predicted molar refractivity (Wildman–Crippen MR) is 153 cm³/mol. The van der Waals surface area contributed by atoms with Crippen LogP contribution in [-0.2, 0) is 14.3 Å². The van der Waals surface area contributed by atoms with Gasteiger partial charge >= 0.3 is 5.97 Å². The Labute approximate surface area is 236 Å². The maximum Gasteiger partial charge on any atom is 0.338 e. The van der Waals surface area contributed by atoms with Crippen LogP contribution in [0.15, 0.2) is 76.2 Å². The minimum Gasteiger partial charge on any atom is -0.493 e. The van der Waals surface area contributed by atoms with Gasteiger partial charge in [0, 0.05) is 18.2 Å². The van der Waals surface area contributed by atoms with Crippen molar-refractivity contribution in [3.8, 4) is 17.2 Å². The molecule has 0 fully saturated rings. The molecule has 1 atom stereocenters. The highest BCUT2D eigenvalue weighted by Gasteiger charge is 2.36. The van der Waals surface area contributed by atoms with Gasteiger partial charge in [-0.25, -0.2) is 9.79 Å². The zero-order valence-electron chi connectivity index (χ0n) is 23.0. The van der Waals surface area contributed by atoms with Crippen LogP contribution in [0.4, 0.5) is 0 Å². The number of carbonyl (C=O) groups is 1. The van der Waals surface area contributed by atoms with Gasteiger partial charge in [-0.05, 0) is 32.1 Å². The first-order chi connectivity index (χ1) is 19.4. The van der Waals surface area contributed by atoms with E-state index in [9.17, 15) is 9.59 Å². The van der Waals surface area contributed by atoms with Gasteiger partial charge in [0.05, 0.1) is 36.1 Å². The molecule has 9 nitrogen and oxygen atoms in total. The van der Waals surface area contributed by atoms with Crippen molar-refractivity contribution in [3.63, 3.8) is 0 Å². The van der Waals surface area contributed by atoms with Gasteiger partial charge in [-0.1, -0.05) is 54.3 Å². The summed E-state index contributed by atoms with van der Waals surface area (Å²) in [6, 6.07) is 11.9. The standard InChI is InChI=1S/C30H32N2O7S/c1-6-15-38-22-13-9-8-11-20(22)18-24-28(33)32-26(21-12-10-14-23(36-5)27(21)37-7-2)25(19(3)31-30(32)40-24)29(34)39-17-16-35-4/h6,8-14,18,26H,1,7,15-17H2,2-5H3/b24-18+/t26-/m0/s1. The monoisotopic (exact) mass is 564 g/mol. The molecule has 0 bridgehead atoms. The number of allylic oxidation sites excluding steroid dienone is 1. The van der Waals surface area contributed by atoms with Crippen molar-refractivity contribution < 1.29 is 28.5 Å². The molecule has 2 heterocycles. The van der Waals surface area contributed by atoms with E-state index in [2.05, 4.69) is 11.6 Å². The molecule has 0 aliphatic carbocycles. The number of esters is 1. The molecular weight excluding hydrogens is 532 g/mol. The average molecular weight is 565 g/mol. The van der Waals surface area contributed by atoms with E-state index in [1.54, 1.807) is 38.3 Å². The third-order valence-electron chi connectivity index (χ3n) is 6.14. The number of carbonyl (C=O) groups excluding carboxylic acids is 1. The summed E-state index contributed by atoms with van der Waals surface area (Å²) < 4.78 is 29.8. The molecule has 210 valence electrons. The lowest BCUT2D eigenvalue weighted by atomic mass is 9.94. The van der Waals surface area contributed by atoms with Crippen molar-refractivity contribution in [2.75, 3.05) is 40.6 Å². The molecular formula is C30H32N2O7S. The number of methoxy groups -OCH3 is 2. The number of para-hydroxylation sites is 2. The Hall–Kier alpha value is -4.15. The Balaban J connectivity index is 1.96. The molecule has 2 aromatic carbocycles. The molecule has 1 aliphatic heterocycles. The van der Waals surface area contributed by atoms with Crippen molar-refractivity contribution in [2.45, 2.75) is 19.9 Å². The zero-order chi connectivity index (χ0) is 28.6. The van der Waals surface area contributed by atoms with Gasteiger partial charge in [0.2, 0.25) is 0 Å². The molecule has 0 N–H and O–H groups in total. The zero-order valence-corrected chi connectivity index (χ0v) is 23.8. The van der Waals surface area contributed by atoms with E-state index in [0.717, 1.165) is 5.56 Å². The van der Waals surface area contributed by atoms with Crippen molar-refractivity contribution in [3.05, 3.63) is 97.2 Å². The number of hydrogen-bond donors (Lipinski definition) is 0. The summed E-state index contributed by atoms with van der Waals surface area (Å²) in [5, 5.41) is 0. The molecule has 0 spiro atoms. The van der Waals surface area contributed by atoms with Crippen LogP contribution in [0.5, 0.6) is 17.2 Å². The van der Waals surface area contributed by atoms with Gasteiger partial charge in [-0.3, -0.25) is 9.36 Å². The highest BCUT2D eigenvalue weighted by molar-refractivity contribution is 7.07. The van der Waals surface area contributed by atoms with Crippen LogP contribution in [0, 0.1) is 0 Å². The normalized spacial score (nSPS) is 14.8. The van der Waals surface area contributed by atoms with Gasteiger partial charge in [-0.15, -0.1) is 0 Å². The highest BCUT2D eigenvalue weighted by atomic mass is 32.1. The molecule has 0 saturated carbocycles. The topological polar surface area (TPSA) is 97.6 Å². The van der Waals surface area contributed by atoms with Crippen LogP contribution in [0.1, 0.15) is 31.0 Å². The van der Waals surface area contributed by atoms with E-state index < -0.39 is 12.0 Å². The summed E-state index contributed by atoms with van der Waals surface area (Å²) in [6.45, 7) is 8.26. The Bertz CT molecular complexity index is 1600. The maximum atomic E-state index is 14.0. The van der Waals surface area contributed by atoms with Crippen molar-refractivity contribution in [1.82, 2.24) is 4.57 Å². The van der Waals surface area contributed by atoms with Crippen LogP contribution < -0.4 is 29.1 Å². The molecule has 0 radical (unpaired) electrons. The average Bonchev–Trinajstić information content (AvgIpc) is 3.26. The molecule has 10 heteroatoms. The Kier molecular flexibility index (Phi) is 9.57. The number of benzene rings is 2. The number of thiazole rings is 1. The summed E-state index contributed by atoms with van der Waals surface area (Å²) in [5.74, 6) is 0.949. The summed E-state index contributed by atoms with van der Waals surface area (Å²) in [6.07, 6.45) is 3.43. The van der Waals surface area contributed by atoms with E-state index in [0.29, 0.717) is 51.1 Å². The van der Waals surface area contributed by atoms with Gasteiger partial charge in [0.25, 0.3) is 5.56 Å². The van der Waals surface area contributed by atoms with Crippen LogP contribution in [-0.4, -0.2) is 51.2 Å². The fraction of sp³-hybridized carbons (Fsp3) is 0.300. The molecule has 40 heavy (non-hydrogen) atoms. The molecule has 1 aliphatic rings. The largest absolute Gasteiger partial charge is 0.493 e. The van der Waals surface area contributed by atoms with Crippen LogP contribution >= 0.6 is 11.3 Å². The number of fused-ring (bicyclic) bond motifs is 1. The van der Waals surface area contributed by atoms with E-state index >= 15 is 0 Å². The lowest BCUT2D eigenvalue weighted by Gasteiger charge is -2.27. The smallest absolute Gasteiger partial charge is 0.338 e. The first kappa shape index (κ1) is 28.8. The third-order valence-corrected chi connectivity index (χ3v) is 7.12. The summed E-state index contributed by atoms with van der Waals surface area (Å²) >= 11 is 1.23. The van der Waals surface area contributed by atoms with Gasteiger partial charge in [0.15, 0.2) is 16.3 Å². The van der Waals surface area contributed by atoms with E-state index in [1.165, 1.54) is 23.0 Å². The second-order valence-corrected chi connectivity index (χ2v) is 9.67. The lowest BCUT2D eigenvalue weighted by Crippen LogP contribution is -2.40. The number of rotatable bonds is 12. The molecule has 3 aromatic rings. The molecule has 0 saturated heterocycles. The van der Waals surface area contributed by atoms with Crippen molar-refractivity contribution in [2.24, 2.45) is 4.99 Å². The van der Waals surface area contributed by atoms with Crippen LogP contribution in [0.2, 0.25) is 0 Å². The number of hydrogen-bond acceptors (Lipinski definition) is 9. The lowest BCUT2D eigenvalue weighted by molar-refractivity contribution is -0.140. The van der Waals surface area contributed by atoms with Crippen LogP contribution in [0.25, 0.3) is 6.08 Å². The molecule has 0 unspecified atom stereocenters. The molecule has 1 aromatic heterocycles. The van der Waals surface area contributed by atoms with Gasteiger partial charge in [0.1, 0.15) is 25.0 Å². The maximum absolute atomic E-state index is 14.0. The fourth-order valence-electron chi connectivity index (χ4n) is 4.40. The van der Waals surface area contributed by atoms with E-state index in [-0.39, 0.29) is 24.3 Å². The number of aromatic nitrogens is 1. The first-order valence-electron chi connectivity index (χ1n) is 12.8. The SMILES string of the molecule is C=CCOc1ccccc1/C=c1/sc2n(c1=O)[C@@H](c1cccc(OC)c1OCC)C(C(=O)OCCOC)=C(C)N=2. The Morgan fingerprint density at radius 2 is 1.88 bits per heavy atom. The second-order valence-electron chi connectivity index (χ2n) is 8.66. The molecule has 4 rings (SSSR count). The third kappa shape index (κ3) is 5.88.